The number of esters is 1. The molecule has 8 heteroatoms. The Morgan fingerprint density at radius 1 is 0.895 bits per heavy atom. The normalized spacial score (nSPS) is 20.6. The first-order chi connectivity index (χ1) is 18.5. The number of ether oxygens (including phenoxy) is 2. The average Bonchev–Trinajstić information content (AvgIpc) is 3.21. The molecule has 1 saturated carbocycles. The minimum absolute atomic E-state index is 0.144. The standard InChI is InChI=1S/C30H28N2O6/c1-37-26-13-6-5-12-25(26)31-27(33)18-38-30(36)21-10-7-11-22(16-21)32-28(34)23-15-14-20(17-24(23)29(32)35)19-8-3-2-4-9-19/h2-13,16,20,23-24H,14-15,17-18H2,1H3,(H,31,33)/t20-,23-,24+/m1/s1. The van der Waals surface area contributed by atoms with Gasteiger partial charge in [0.15, 0.2) is 6.61 Å². The Hall–Kier alpha value is -4.46. The number of imide groups is 1. The molecule has 0 aromatic heterocycles. The van der Waals surface area contributed by atoms with Gasteiger partial charge in [0, 0.05) is 0 Å². The van der Waals surface area contributed by atoms with E-state index in [1.54, 1.807) is 36.4 Å². The van der Waals surface area contributed by atoms with Crippen LogP contribution in [0.1, 0.15) is 41.1 Å². The fourth-order valence-electron chi connectivity index (χ4n) is 5.38. The number of hydrogen-bond donors (Lipinski definition) is 1. The second-order valence-corrected chi connectivity index (χ2v) is 9.52. The molecule has 0 unspecified atom stereocenters. The van der Waals surface area contributed by atoms with Crippen LogP contribution in [0.25, 0.3) is 0 Å². The number of para-hydroxylation sites is 2. The lowest BCUT2D eigenvalue weighted by Gasteiger charge is -2.28. The van der Waals surface area contributed by atoms with Crippen molar-refractivity contribution in [3.63, 3.8) is 0 Å². The summed E-state index contributed by atoms with van der Waals surface area (Å²) in [5.41, 5.74) is 2.12. The summed E-state index contributed by atoms with van der Waals surface area (Å²) in [5, 5.41) is 2.64. The van der Waals surface area contributed by atoms with Crippen molar-refractivity contribution < 1.29 is 28.7 Å². The van der Waals surface area contributed by atoms with E-state index in [-0.39, 0.29) is 35.1 Å². The van der Waals surface area contributed by atoms with Crippen LogP contribution >= 0.6 is 0 Å². The van der Waals surface area contributed by atoms with Gasteiger partial charge in [-0.2, -0.15) is 0 Å². The molecule has 0 bridgehead atoms. The van der Waals surface area contributed by atoms with Crippen molar-refractivity contribution in [1.82, 2.24) is 0 Å². The first kappa shape index (κ1) is 25.2. The molecule has 1 saturated heterocycles. The lowest BCUT2D eigenvalue weighted by molar-refractivity contribution is -0.122. The number of nitrogens with one attached hydrogen (secondary N) is 1. The second kappa shape index (κ2) is 10.9. The topological polar surface area (TPSA) is 102 Å². The minimum Gasteiger partial charge on any atom is -0.495 e. The molecule has 0 spiro atoms. The van der Waals surface area contributed by atoms with Crippen LogP contribution in [0.5, 0.6) is 5.75 Å². The zero-order chi connectivity index (χ0) is 26.6. The molecule has 2 aliphatic rings. The van der Waals surface area contributed by atoms with Crippen LogP contribution < -0.4 is 15.0 Å². The number of carbonyl (C=O) groups is 4. The van der Waals surface area contributed by atoms with Crippen LogP contribution in [0.3, 0.4) is 0 Å². The van der Waals surface area contributed by atoms with Gasteiger partial charge in [0.25, 0.3) is 5.91 Å². The van der Waals surface area contributed by atoms with Crippen LogP contribution in [-0.4, -0.2) is 37.4 Å². The summed E-state index contributed by atoms with van der Waals surface area (Å²) < 4.78 is 10.4. The number of fused-ring (bicyclic) bond motifs is 1. The lowest BCUT2D eigenvalue weighted by Crippen LogP contribution is -2.31. The van der Waals surface area contributed by atoms with Crippen LogP contribution in [0, 0.1) is 11.8 Å². The average molecular weight is 513 g/mol. The maximum Gasteiger partial charge on any atom is 0.338 e. The molecule has 2 fully saturated rings. The van der Waals surface area contributed by atoms with Gasteiger partial charge in [-0.1, -0.05) is 48.5 Å². The van der Waals surface area contributed by atoms with Gasteiger partial charge in [0.2, 0.25) is 11.8 Å². The molecule has 8 nitrogen and oxygen atoms in total. The van der Waals surface area contributed by atoms with Gasteiger partial charge >= 0.3 is 5.97 Å². The summed E-state index contributed by atoms with van der Waals surface area (Å²) in [4.78, 5) is 52.8. The number of hydrogen-bond acceptors (Lipinski definition) is 6. The molecule has 3 amide bonds. The van der Waals surface area contributed by atoms with Gasteiger partial charge in [-0.3, -0.25) is 19.3 Å². The molecule has 1 heterocycles. The number of nitrogens with zero attached hydrogens (tertiary/aromatic N) is 1. The summed E-state index contributed by atoms with van der Waals surface area (Å²) in [6.07, 6.45) is 2.12. The summed E-state index contributed by atoms with van der Waals surface area (Å²) in [6, 6.07) is 23.2. The molecule has 3 aromatic rings. The van der Waals surface area contributed by atoms with Crippen molar-refractivity contribution >= 4 is 35.1 Å². The lowest BCUT2D eigenvalue weighted by atomic mass is 9.73. The highest BCUT2D eigenvalue weighted by Gasteiger charge is 2.50. The van der Waals surface area contributed by atoms with E-state index in [0.717, 1.165) is 6.42 Å². The Labute approximate surface area is 220 Å². The highest BCUT2D eigenvalue weighted by molar-refractivity contribution is 6.22. The smallest absolute Gasteiger partial charge is 0.338 e. The van der Waals surface area contributed by atoms with E-state index in [1.807, 2.05) is 18.2 Å². The molecule has 0 radical (unpaired) electrons. The van der Waals surface area contributed by atoms with E-state index < -0.39 is 18.5 Å². The zero-order valence-electron chi connectivity index (χ0n) is 21.0. The molecule has 38 heavy (non-hydrogen) atoms. The molecule has 194 valence electrons. The third kappa shape index (κ3) is 5.02. The molecule has 1 aliphatic carbocycles. The SMILES string of the molecule is COc1ccccc1NC(=O)COC(=O)c1cccc(N2C(=O)[C@H]3C[C@H](c4ccccc4)CC[C@H]3C2=O)c1. The van der Waals surface area contributed by atoms with Gasteiger partial charge in [-0.15, -0.1) is 0 Å². The Bertz CT molecular complexity index is 1370. The van der Waals surface area contributed by atoms with Crippen LogP contribution in [0.4, 0.5) is 11.4 Å². The summed E-state index contributed by atoms with van der Waals surface area (Å²) >= 11 is 0. The monoisotopic (exact) mass is 512 g/mol. The second-order valence-electron chi connectivity index (χ2n) is 9.52. The Balaban J connectivity index is 1.24. The van der Waals surface area contributed by atoms with Crippen LogP contribution in [0.15, 0.2) is 78.9 Å². The van der Waals surface area contributed by atoms with E-state index in [0.29, 0.717) is 30.0 Å². The van der Waals surface area contributed by atoms with Gasteiger partial charge in [0.1, 0.15) is 5.75 Å². The largest absolute Gasteiger partial charge is 0.495 e. The molecule has 3 atom stereocenters. The summed E-state index contributed by atoms with van der Waals surface area (Å²) in [5.74, 6) is -1.74. The summed E-state index contributed by atoms with van der Waals surface area (Å²) in [7, 11) is 1.49. The maximum atomic E-state index is 13.4. The van der Waals surface area contributed by atoms with Crippen molar-refractivity contribution in [3.8, 4) is 5.75 Å². The van der Waals surface area contributed by atoms with Gasteiger partial charge < -0.3 is 14.8 Å². The Morgan fingerprint density at radius 2 is 1.63 bits per heavy atom. The highest BCUT2D eigenvalue weighted by Crippen LogP contribution is 2.45. The van der Waals surface area contributed by atoms with Gasteiger partial charge in [-0.05, 0) is 61.1 Å². The van der Waals surface area contributed by atoms with E-state index >= 15 is 0 Å². The first-order valence-corrected chi connectivity index (χ1v) is 12.6. The number of amides is 3. The molecule has 1 aliphatic heterocycles. The van der Waals surface area contributed by atoms with Crippen molar-refractivity contribution in [3.05, 3.63) is 90.0 Å². The predicted octanol–water partition coefficient (Wildman–Crippen LogP) is 4.56. The number of carbonyl (C=O) groups excluding carboxylic acids is 4. The van der Waals surface area contributed by atoms with Crippen molar-refractivity contribution in [2.75, 3.05) is 23.9 Å². The first-order valence-electron chi connectivity index (χ1n) is 12.6. The van der Waals surface area contributed by atoms with E-state index in [4.69, 9.17) is 9.47 Å². The Kier molecular flexibility index (Phi) is 7.22. The van der Waals surface area contributed by atoms with E-state index in [1.165, 1.54) is 29.7 Å². The zero-order valence-corrected chi connectivity index (χ0v) is 21.0. The van der Waals surface area contributed by atoms with Gasteiger partial charge in [-0.25, -0.2) is 4.79 Å². The maximum absolute atomic E-state index is 13.4. The quantitative estimate of drug-likeness (QED) is 0.368. The minimum atomic E-state index is -0.734. The predicted molar refractivity (Wildman–Crippen MR) is 141 cm³/mol. The number of methoxy groups -OCH3 is 1. The highest BCUT2D eigenvalue weighted by atomic mass is 16.5. The van der Waals surface area contributed by atoms with E-state index in [9.17, 15) is 19.2 Å². The van der Waals surface area contributed by atoms with Crippen LogP contribution in [-0.2, 0) is 19.1 Å². The van der Waals surface area contributed by atoms with Crippen molar-refractivity contribution in [1.29, 1.82) is 0 Å². The number of rotatable bonds is 7. The fourth-order valence-corrected chi connectivity index (χ4v) is 5.38. The number of anilines is 2. The van der Waals surface area contributed by atoms with E-state index in [2.05, 4.69) is 17.4 Å². The van der Waals surface area contributed by atoms with Gasteiger partial charge in [0.05, 0.1) is 35.9 Å². The third-order valence-electron chi connectivity index (χ3n) is 7.25. The molecule has 3 aromatic carbocycles. The molecule has 5 rings (SSSR count). The van der Waals surface area contributed by atoms with Crippen molar-refractivity contribution in [2.24, 2.45) is 11.8 Å². The third-order valence-corrected chi connectivity index (χ3v) is 7.25. The van der Waals surface area contributed by atoms with Crippen molar-refractivity contribution in [2.45, 2.75) is 25.2 Å². The number of benzene rings is 3. The molecular formula is C30H28N2O6. The molecular weight excluding hydrogens is 484 g/mol. The van der Waals surface area contributed by atoms with Crippen LogP contribution in [0.2, 0.25) is 0 Å². The fraction of sp³-hybridized carbons (Fsp3) is 0.267. The Morgan fingerprint density at radius 3 is 2.42 bits per heavy atom. The summed E-state index contributed by atoms with van der Waals surface area (Å²) in [6.45, 7) is -0.506. The molecule has 1 N–H and O–H groups in total.